The van der Waals surface area contributed by atoms with Crippen molar-refractivity contribution in [3.63, 3.8) is 0 Å². The Morgan fingerprint density at radius 1 is 1.21 bits per heavy atom. The fourth-order valence-electron chi connectivity index (χ4n) is 2.17. The summed E-state index contributed by atoms with van der Waals surface area (Å²) in [5.41, 5.74) is 2.21. The first-order valence-corrected chi connectivity index (χ1v) is 10.6. The molecule has 0 aliphatic carbocycles. The maximum atomic E-state index is 5.45. The van der Waals surface area contributed by atoms with Crippen LogP contribution in [-0.2, 0) is 5.75 Å². The van der Waals surface area contributed by atoms with Gasteiger partial charge in [0, 0.05) is 10.6 Å². The highest BCUT2D eigenvalue weighted by Gasteiger charge is 2.08. The lowest BCUT2D eigenvalue weighted by Gasteiger charge is -2.08. The molecule has 0 unspecified atom stereocenters. The molecule has 0 aliphatic heterocycles. The van der Waals surface area contributed by atoms with Crippen molar-refractivity contribution < 1.29 is 4.74 Å². The SMILES string of the molecule is COc1cc(CSc2nn(-c3ccccc3)c(=S)s2)ccc1SC. The molecule has 0 atom stereocenters. The van der Waals surface area contributed by atoms with E-state index in [1.54, 1.807) is 42.0 Å². The third-order valence-electron chi connectivity index (χ3n) is 3.34. The molecule has 2 aromatic carbocycles. The van der Waals surface area contributed by atoms with Gasteiger partial charge in [-0.1, -0.05) is 47.4 Å². The van der Waals surface area contributed by atoms with E-state index in [9.17, 15) is 0 Å². The quantitative estimate of drug-likeness (QED) is 0.397. The van der Waals surface area contributed by atoms with Crippen LogP contribution in [0.2, 0.25) is 0 Å². The van der Waals surface area contributed by atoms with Crippen molar-refractivity contribution in [2.75, 3.05) is 13.4 Å². The van der Waals surface area contributed by atoms with Crippen molar-refractivity contribution >= 4 is 47.1 Å². The summed E-state index contributed by atoms with van der Waals surface area (Å²) < 4.78 is 9.00. The molecule has 3 aromatic rings. The van der Waals surface area contributed by atoms with Crippen molar-refractivity contribution in [1.82, 2.24) is 9.78 Å². The number of para-hydroxylation sites is 1. The lowest BCUT2D eigenvalue weighted by Crippen LogP contribution is -1.95. The van der Waals surface area contributed by atoms with Crippen LogP contribution >= 0.6 is 47.1 Å². The van der Waals surface area contributed by atoms with E-state index in [1.807, 2.05) is 35.0 Å². The Balaban J connectivity index is 1.75. The Morgan fingerprint density at radius 3 is 2.71 bits per heavy atom. The van der Waals surface area contributed by atoms with E-state index < -0.39 is 0 Å². The first-order chi connectivity index (χ1) is 11.7. The van der Waals surface area contributed by atoms with E-state index in [2.05, 4.69) is 29.6 Å². The third-order valence-corrected chi connectivity index (χ3v) is 6.55. The molecule has 1 aromatic heterocycles. The lowest BCUT2D eigenvalue weighted by atomic mass is 10.2. The predicted octanol–water partition coefficient (Wildman–Crippen LogP) is 5.69. The monoisotopic (exact) mass is 392 g/mol. The Labute approximate surface area is 159 Å². The van der Waals surface area contributed by atoms with Crippen LogP contribution < -0.4 is 4.74 Å². The number of aromatic nitrogens is 2. The van der Waals surface area contributed by atoms with Gasteiger partial charge in [0.1, 0.15) is 5.75 Å². The molecule has 0 saturated heterocycles. The molecule has 3 nitrogen and oxygen atoms in total. The topological polar surface area (TPSA) is 27.1 Å². The number of nitrogens with zero attached hydrogens (tertiary/aromatic N) is 2. The first kappa shape index (κ1) is 17.5. The van der Waals surface area contributed by atoms with Crippen molar-refractivity contribution in [2.24, 2.45) is 0 Å². The number of hydrogen-bond acceptors (Lipinski definition) is 6. The summed E-state index contributed by atoms with van der Waals surface area (Å²) in [7, 11) is 1.71. The molecular formula is C17H16N2OS4. The van der Waals surface area contributed by atoms with Crippen LogP contribution in [-0.4, -0.2) is 23.1 Å². The van der Waals surface area contributed by atoms with Crippen LogP contribution in [0, 0.1) is 3.95 Å². The largest absolute Gasteiger partial charge is 0.496 e. The second-order valence-corrected chi connectivity index (χ2v) is 8.55. The first-order valence-electron chi connectivity index (χ1n) is 7.20. The average Bonchev–Trinajstić information content (AvgIpc) is 3.01. The Hall–Kier alpha value is -1.28. The van der Waals surface area contributed by atoms with Gasteiger partial charge in [-0.3, -0.25) is 0 Å². The molecule has 3 rings (SSSR count). The Bertz CT molecular complexity index is 874. The van der Waals surface area contributed by atoms with Crippen molar-refractivity contribution in [3.05, 3.63) is 58.0 Å². The van der Waals surface area contributed by atoms with Crippen LogP contribution in [0.1, 0.15) is 5.56 Å². The molecular weight excluding hydrogens is 376 g/mol. The van der Waals surface area contributed by atoms with E-state index in [0.29, 0.717) is 0 Å². The van der Waals surface area contributed by atoms with Crippen LogP contribution in [0.4, 0.5) is 0 Å². The molecule has 124 valence electrons. The second-order valence-electron chi connectivity index (χ2n) is 4.86. The lowest BCUT2D eigenvalue weighted by molar-refractivity contribution is 0.404. The summed E-state index contributed by atoms with van der Waals surface area (Å²) in [5, 5.41) is 4.63. The van der Waals surface area contributed by atoms with Gasteiger partial charge in [0.25, 0.3) is 0 Å². The standard InChI is InChI=1S/C17H16N2OS4/c1-20-14-10-12(8-9-15(14)22-2)11-23-16-18-19(17(21)24-16)13-6-4-3-5-7-13/h3-10H,11H2,1-2H3. The zero-order valence-electron chi connectivity index (χ0n) is 13.3. The molecule has 0 fully saturated rings. The van der Waals surface area contributed by atoms with Crippen molar-refractivity contribution in [1.29, 1.82) is 0 Å². The van der Waals surface area contributed by atoms with E-state index in [0.717, 1.165) is 30.4 Å². The molecule has 0 amide bonds. The summed E-state index contributed by atoms with van der Waals surface area (Å²) in [4.78, 5) is 1.15. The molecule has 0 aliphatic rings. The van der Waals surface area contributed by atoms with Gasteiger partial charge < -0.3 is 4.74 Å². The van der Waals surface area contributed by atoms with Gasteiger partial charge in [-0.25, -0.2) is 4.68 Å². The number of benzene rings is 2. The van der Waals surface area contributed by atoms with Crippen LogP contribution in [0.3, 0.4) is 0 Å². The van der Waals surface area contributed by atoms with Gasteiger partial charge in [0.2, 0.25) is 0 Å². The predicted molar refractivity (Wildman–Crippen MR) is 107 cm³/mol. The van der Waals surface area contributed by atoms with E-state index in [1.165, 1.54) is 5.56 Å². The molecule has 0 radical (unpaired) electrons. The van der Waals surface area contributed by atoms with Gasteiger partial charge in [0.15, 0.2) is 8.29 Å². The van der Waals surface area contributed by atoms with Gasteiger partial charge in [-0.15, -0.1) is 16.9 Å². The smallest absolute Gasteiger partial charge is 0.184 e. The van der Waals surface area contributed by atoms with Crippen molar-refractivity contribution in [3.8, 4) is 11.4 Å². The van der Waals surface area contributed by atoms with Gasteiger partial charge in [0.05, 0.1) is 12.8 Å². The minimum absolute atomic E-state index is 0.763. The maximum absolute atomic E-state index is 5.45. The number of methoxy groups -OCH3 is 1. The molecule has 0 bridgehead atoms. The minimum Gasteiger partial charge on any atom is -0.496 e. The van der Waals surface area contributed by atoms with Gasteiger partial charge in [-0.05, 0) is 48.3 Å². The Kier molecular flexibility index (Phi) is 5.99. The zero-order chi connectivity index (χ0) is 16.9. The summed E-state index contributed by atoms with van der Waals surface area (Å²) in [5.74, 6) is 1.75. The van der Waals surface area contributed by atoms with Crippen LogP contribution in [0.15, 0.2) is 57.8 Å². The zero-order valence-corrected chi connectivity index (χ0v) is 16.5. The van der Waals surface area contributed by atoms with Gasteiger partial charge >= 0.3 is 0 Å². The highest BCUT2D eigenvalue weighted by Crippen LogP contribution is 2.32. The van der Waals surface area contributed by atoms with Crippen molar-refractivity contribution in [2.45, 2.75) is 15.0 Å². The summed E-state index contributed by atoms with van der Waals surface area (Å²) in [6, 6.07) is 16.3. The van der Waals surface area contributed by atoms with E-state index in [4.69, 9.17) is 17.0 Å². The summed E-state index contributed by atoms with van der Waals surface area (Å²) in [6.45, 7) is 0. The van der Waals surface area contributed by atoms with E-state index >= 15 is 0 Å². The fourth-order valence-corrected chi connectivity index (χ4v) is 5.02. The minimum atomic E-state index is 0.763. The molecule has 1 heterocycles. The van der Waals surface area contributed by atoms with Crippen LogP contribution in [0.25, 0.3) is 5.69 Å². The molecule has 0 saturated carbocycles. The van der Waals surface area contributed by atoms with E-state index in [-0.39, 0.29) is 0 Å². The molecule has 7 heteroatoms. The fraction of sp³-hybridized carbons (Fsp3) is 0.176. The van der Waals surface area contributed by atoms with Gasteiger partial charge in [-0.2, -0.15) is 0 Å². The molecule has 0 N–H and O–H groups in total. The normalized spacial score (nSPS) is 10.8. The third kappa shape index (κ3) is 4.03. The highest BCUT2D eigenvalue weighted by atomic mass is 32.2. The number of ether oxygens (including phenoxy) is 1. The highest BCUT2D eigenvalue weighted by molar-refractivity contribution is 8.00. The summed E-state index contributed by atoms with van der Waals surface area (Å²) in [6.07, 6.45) is 2.05. The Morgan fingerprint density at radius 2 is 2.00 bits per heavy atom. The second kappa shape index (κ2) is 8.20. The maximum Gasteiger partial charge on any atom is 0.184 e. The average molecular weight is 393 g/mol. The number of rotatable bonds is 6. The number of hydrogen-bond donors (Lipinski definition) is 0. The molecule has 0 spiro atoms. The summed E-state index contributed by atoms with van der Waals surface area (Å²) >= 11 is 10.4. The molecule has 24 heavy (non-hydrogen) atoms. The van der Waals surface area contributed by atoms with Crippen LogP contribution in [0.5, 0.6) is 5.75 Å². The number of thioether (sulfide) groups is 2.